The zero-order valence-electron chi connectivity index (χ0n) is 21.5. The molecule has 2 aliphatic heterocycles. The number of piperidine rings is 1. The van der Waals surface area contributed by atoms with Gasteiger partial charge in [-0.25, -0.2) is 8.42 Å². The summed E-state index contributed by atoms with van der Waals surface area (Å²) >= 11 is 0. The van der Waals surface area contributed by atoms with Gasteiger partial charge in [0.1, 0.15) is 0 Å². The lowest BCUT2D eigenvalue weighted by Crippen LogP contribution is -2.39. The van der Waals surface area contributed by atoms with Crippen molar-refractivity contribution in [2.75, 3.05) is 32.7 Å². The number of fused-ring (bicyclic) bond motifs is 1. The van der Waals surface area contributed by atoms with E-state index in [9.17, 15) is 13.2 Å². The van der Waals surface area contributed by atoms with Crippen LogP contribution in [-0.4, -0.2) is 57.1 Å². The number of nitrogens with zero attached hydrogens (tertiary/aromatic N) is 1. The van der Waals surface area contributed by atoms with E-state index < -0.39 is 9.84 Å². The molecule has 0 saturated carbocycles. The maximum absolute atomic E-state index is 13.2. The number of hydrogen-bond acceptors (Lipinski definition) is 5. The minimum absolute atomic E-state index is 0.00573. The van der Waals surface area contributed by atoms with Crippen molar-refractivity contribution in [3.63, 3.8) is 0 Å². The van der Waals surface area contributed by atoms with E-state index in [4.69, 9.17) is 0 Å². The molecule has 0 unspecified atom stereocenters. The van der Waals surface area contributed by atoms with Gasteiger partial charge in [0.25, 0.3) is 0 Å². The molecule has 6 heteroatoms. The van der Waals surface area contributed by atoms with E-state index in [0.29, 0.717) is 24.2 Å². The number of hydrogen-bond donors (Lipinski definition) is 1. The molecule has 5 nitrogen and oxygen atoms in total. The van der Waals surface area contributed by atoms with Gasteiger partial charge < -0.3 is 10.2 Å². The standard InChI is InChI=1S/C29H40N2O3S/c1-29(2,3)25-8-10-26(11-9-25)35(33,34)27-14-19-31(20-15-27)18-4-5-28(32)24-7-6-22-12-16-30-17-13-23(22)21-24/h6-11,21,27,30H,4-5,12-20H2,1-3H3. The molecule has 2 aliphatic rings. The molecule has 2 aromatic carbocycles. The third-order valence-corrected chi connectivity index (χ3v) is 9.85. The first-order valence-electron chi connectivity index (χ1n) is 13.1. The Labute approximate surface area is 211 Å². The van der Waals surface area contributed by atoms with Crippen molar-refractivity contribution in [2.24, 2.45) is 0 Å². The summed E-state index contributed by atoms with van der Waals surface area (Å²) in [5, 5.41) is 3.09. The summed E-state index contributed by atoms with van der Waals surface area (Å²) in [7, 11) is -3.31. The van der Waals surface area contributed by atoms with Gasteiger partial charge in [0.15, 0.2) is 15.6 Å². The van der Waals surface area contributed by atoms with Gasteiger partial charge >= 0.3 is 0 Å². The fourth-order valence-corrected chi connectivity index (χ4v) is 6.97. The van der Waals surface area contributed by atoms with E-state index >= 15 is 0 Å². The van der Waals surface area contributed by atoms with Crippen LogP contribution in [0.2, 0.25) is 0 Å². The van der Waals surface area contributed by atoms with Crippen LogP contribution in [0.1, 0.15) is 73.5 Å². The summed E-state index contributed by atoms with van der Waals surface area (Å²) in [6, 6.07) is 13.6. The van der Waals surface area contributed by atoms with Crippen molar-refractivity contribution >= 4 is 15.6 Å². The van der Waals surface area contributed by atoms with Crippen molar-refractivity contribution in [1.82, 2.24) is 10.2 Å². The fraction of sp³-hybridized carbons (Fsp3) is 0.552. The Hall–Kier alpha value is -2.02. The molecule has 2 aromatic rings. The maximum atomic E-state index is 13.2. The summed E-state index contributed by atoms with van der Waals surface area (Å²) in [6.07, 6.45) is 4.65. The number of carbonyl (C=O) groups is 1. The highest BCUT2D eigenvalue weighted by Crippen LogP contribution is 2.28. The number of Topliss-reactive ketones (excluding diaryl/α,β-unsaturated/α-hetero) is 1. The van der Waals surface area contributed by atoms with Crippen molar-refractivity contribution in [3.05, 3.63) is 64.7 Å². The van der Waals surface area contributed by atoms with Gasteiger partial charge in [-0.2, -0.15) is 0 Å². The van der Waals surface area contributed by atoms with Gasteiger partial charge in [0, 0.05) is 12.0 Å². The largest absolute Gasteiger partial charge is 0.316 e. The van der Waals surface area contributed by atoms with Crippen LogP contribution in [0.3, 0.4) is 0 Å². The van der Waals surface area contributed by atoms with E-state index in [2.05, 4.69) is 43.1 Å². The highest BCUT2D eigenvalue weighted by molar-refractivity contribution is 7.92. The number of likely N-dealkylation sites (tertiary alicyclic amines) is 1. The van der Waals surface area contributed by atoms with Crippen molar-refractivity contribution in [1.29, 1.82) is 0 Å². The lowest BCUT2D eigenvalue weighted by molar-refractivity contribution is 0.0973. The van der Waals surface area contributed by atoms with E-state index in [1.807, 2.05) is 18.2 Å². The molecular formula is C29H40N2O3S. The Morgan fingerprint density at radius 3 is 2.29 bits per heavy atom. The quantitative estimate of drug-likeness (QED) is 0.569. The minimum Gasteiger partial charge on any atom is -0.316 e. The molecule has 2 heterocycles. The van der Waals surface area contributed by atoms with Gasteiger partial charge in [0.2, 0.25) is 0 Å². The van der Waals surface area contributed by atoms with Gasteiger partial charge in [0.05, 0.1) is 10.1 Å². The molecule has 0 radical (unpaired) electrons. The summed E-state index contributed by atoms with van der Waals surface area (Å²) in [5.74, 6) is 0.209. The normalized spacial score (nSPS) is 18.1. The Balaban J connectivity index is 1.25. The topological polar surface area (TPSA) is 66.5 Å². The second-order valence-electron chi connectivity index (χ2n) is 11.1. The number of nitrogens with one attached hydrogen (secondary N) is 1. The van der Waals surface area contributed by atoms with Crippen molar-refractivity contribution in [3.8, 4) is 0 Å². The Kier molecular flexibility index (Phi) is 8.14. The highest BCUT2D eigenvalue weighted by Gasteiger charge is 2.31. The van der Waals surface area contributed by atoms with Crippen LogP contribution in [0.25, 0.3) is 0 Å². The molecule has 0 aromatic heterocycles. The number of rotatable bonds is 7. The molecule has 0 bridgehead atoms. The molecule has 1 N–H and O–H groups in total. The molecule has 190 valence electrons. The monoisotopic (exact) mass is 496 g/mol. The fourth-order valence-electron chi connectivity index (χ4n) is 5.23. The molecule has 1 fully saturated rings. The summed E-state index contributed by atoms with van der Waals surface area (Å²) in [5.41, 5.74) is 4.63. The van der Waals surface area contributed by atoms with E-state index in [1.54, 1.807) is 12.1 Å². The molecule has 35 heavy (non-hydrogen) atoms. The third-order valence-electron chi connectivity index (χ3n) is 7.57. The molecule has 0 spiro atoms. The maximum Gasteiger partial charge on any atom is 0.181 e. The van der Waals surface area contributed by atoms with E-state index in [-0.39, 0.29) is 16.4 Å². The van der Waals surface area contributed by atoms with E-state index in [0.717, 1.165) is 63.1 Å². The van der Waals surface area contributed by atoms with Crippen LogP contribution in [0, 0.1) is 0 Å². The summed E-state index contributed by atoms with van der Waals surface area (Å²) in [6.45, 7) is 10.7. The average Bonchev–Trinajstić information content (AvgIpc) is 3.09. The Bertz CT molecular complexity index is 1130. The second kappa shape index (κ2) is 10.9. The first kappa shape index (κ1) is 26.1. The highest BCUT2D eigenvalue weighted by atomic mass is 32.2. The van der Waals surface area contributed by atoms with Crippen LogP contribution in [-0.2, 0) is 28.1 Å². The predicted octanol–water partition coefficient (Wildman–Crippen LogP) is 4.57. The predicted molar refractivity (Wildman–Crippen MR) is 142 cm³/mol. The van der Waals surface area contributed by atoms with Crippen LogP contribution in [0.4, 0.5) is 0 Å². The Morgan fingerprint density at radius 1 is 0.971 bits per heavy atom. The first-order valence-corrected chi connectivity index (χ1v) is 14.6. The van der Waals surface area contributed by atoms with Crippen LogP contribution in [0.5, 0.6) is 0 Å². The van der Waals surface area contributed by atoms with Crippen LogP contribution >= 0.6 is 0 Å². The second-order valence-corrected chi connectivity index (χ2v) is 13.3. The molecule has 1 saturated heterocycles. The van der Waals surface area contributed by atoms with Crippen molar-refractivity contribution in [2.45, 2.75) is 74.9 Å². The lowest BCUT2D eigenvalue weighted by atomic mass is 9.87. The SMILES string of the molecule is CC(C)(C)c1ccc(S(=O)(=O)C2CCN(CCCC(=O)c3ccc4c(c3)CCNCC4)CC2)cc1. The molecule has 0 amide bonds. The van der Waals surface area contributed by atoms with E-state index in [1.165, 1.54) is 11.1 Å². The average molecular weight is 497 g/mol. The number of sulfone groups is 1. The molecule has 0 atom stereocenters. The number of ketones is 1. The summed E-state index contributed by atoms with van der Waals surface area (Å²) in [4.78, 5) is 15.5. The third kappa shape index (κ3) is 6.41. The zero-order valence-corrected chi connectivity index (χ0v) is 22.3. The first-order chi connectivity index (χ1) is 16.6. The van der Waals surface area contributed by atoms with Gasteiger partial charge in [-0.3, -0.25) is 4.79 Å². The number of benzene rings is 2. The van der Waals surface area contributed by atoms with Crippen molar-refractivity contribution < 1.29 is 13.2 Å². The minimum atomic E-state index is -3.31. The smallest absolute Gasteiger partial charge is 0.181 e. The zero-order chi connectivity index (χ0) is 25.1. The molecule has 4 rings (SSSR count). The van der Waals surface area contributed by atoms with Gasteiger partial charge in [-0.15, -0.1) is 0 Å². The number of carbonyl (C=O) groups excluding carboxylic acids is 1. The lowest BCUT2D eigenvalue weighted by Gasteiger charge is -2.31. The summed E-state index contributed by atoms with van der Waals surface area (Å²) < 4.78 is 26.3. The van der Waals surface area contributed by atoms with Crippen LogP contribution < -0.4 is 5.32 Å². The molecular weight excluding hydrogens is 456 g/mol. The van der Waals surface area contributed by atoms with Gasteiger partial charge in [-0.1, -0.05) is 45.0 Å². The molecule has 0 aliphatic carbocycles. The van der Waals surface area contributed by atoms with Crippen LogP contribution in [0.15, 0.2) is 47.4 Å². The van der Waals surface area contributed by atoms with Gasteiger partial charge in [-0.05, 0) is 105 Å². The Morgan fingerprint density at radius 2 is 1.63 bits per heavy atom.